The van der Waals surface area contributed by atoms with Crippen molar-refractivity contribution < 1.29 is 9.59 Å². The maximum Gasteiger partial charge on any atom is 0.246 e. The standard InChI is InChI=1S/C11H13ClN2O2S/c1-2-14-10(15)5-8(11(14)16)13-6-7-3-4-9(12)17-7/h3-4,8,13H,2,5-6H2,1H3. The summed E-state index contributed by atoms with van der Waals surface area (Å²) in [5, 5.41) is 3.10. The van der Waals surface area contributed by atoms with E-state index in [0.717, 1.165) is 9.21 Å². The van der Waals surface area contributed by atoms with E-state index in [1.807, 2.05) is 12.1 Å². The first-order chi connectivity index (χ1) is 8.11. The normalized spacial score (nSPS) is 20.4. The number of halogens is 1. The molecule has 2 rings (SSSR count). The van der Waals surface area contributed by atoms with E-state index < -0.39 is 0 Å². The van der Waals surface area contributed by atoms with Crippen LogP contribution < -0.4 is 5.32 Å². The fraction of sp³-hybridized carbons (Fsp3) is 0.455. The van der Waals surface area contributed by atoms with Crippen LogP contribution in [0.3, 0.4) is 0 Å². The van der Waals surface area contributed by atoms with E-state index in [2.05, 4.69) is 5.32 Å². The van der Waals surface area contributed by atoms with Crippen molar-refractivity contribution in [2.24, 2.45) is 0 Å². The second kappa shape index (κ2) is 5.16. The van der Waals surface area contributed by atoms with Crippen LogP contribution in [0.15, 0.2) is 12.1 Å². The summed E-state index contributed by atoms with van der Waals surface area (Å²) >= 11 is 7.29. The number of nitrogens with zero attached hydrogens (tertiary/aromatic N) is 1. The lowest BCUT2D eigenvalue weighted by Crippen LogP contribution is -2.38. The number of likely N-dealkylation sites (tertiary alicyclic amines) is 1. The van der Waals surface area contributed by atoms with Gasteiger partial charge in [-0.05, 0) is 19.1 Å². The fourth-order valence-electron chi connectivity index (χ4n) is 1.85. The summed E-state index contributed by atoms with van der Waals surface area (Å²) in [6.07, 6.45) is 0.256. The number of nitrogens with one attached hydrogen (secondary N) is 1. The van der Waals surface area contributed by atoms with Gasteiger partial charge in [-0.2, -0.15) is 0 Å². The molecule has 17 heavy (non-hydrogen) atoms. The third kappa shape index (κ3) is 2.68. The highest BCUT2D eigenvalue weighted by molar-refractivity contribution is 7.16. The summed E-state index contributed by atoms with van der Waals surface area (Å²) in [5.41, 5.74) is 0. The van der Waals surface area contributed by atoms with Crippen LogP contribution in [0.1, 0.15) is 18.2 Å². The molecule has 1 unspecified atom stereocenters. The predicted molar refractivity (Wildman–Crippen MR) is 67.0 cm³/mol. The Hall–Kier alpha value is -0.910. The summed E-state index contributed by atoms with van der Waals surface area (Å²) in [7, 11) is 0. The SMILES string of the molecule is CCN1C(=O)CC(NCc2ccc(Cl)s2)C1=O. The quantitative estimate of drug-likeness (QED) is 0.848. The molecule has 1 aliphatic rings. The molecule has 1 atom stereocenters. The number of hydrogen-bond acceptors (Lipinski definition) is 4. The second-order valence-electron chi connectivity index (χ2n) is 3.82. The van der Waals surface area contributed by atoms with Crippen molar-refractivity contribution >= 4 is 34.8 Å². The minimum absolute atomic E-state index is 0.0980. The number of imide groups is 1. The van der Waals surface area contributed by atoms with Gasteiger partial charge in [-0.15, -0.1) is 11.3 Å². The van der Waals surface area contributed by atoms with Crippen LogP contribution in [0.5, 0.6) is 0 Å². The zero-order chi connectivity index (χ0) is 12.4. The molecule has 1 aromatic rings. The molecule has 0 aliphatic carbocycles. The Morgan fingerprint density at radius 1 is 1.53 bits per heavy atom. The molecule has 1 aromatic heterocycles. The van der Waals surface area contributed by atoms with E-state index in [1.54, 1.807) is 6.92 Å². The Bertz CT molecular complexity index is 446. The highest BCUT2D eigenvalue weighted by Gasteiger charge is 2.36. The number of rotatable bonds is 4. The van der Waals surface area contributed by atoms with E-state index in [9.17, 15) is 9.59 Å². The van der Waals surface area contributed by atoms with E-state index >= 15 is 0 Å². The summed E-state index contributed by atoms with van der Waals surface area (Å²) in [5.74, 6) is -0.223. The molecule has 0 spiro atoms. The van der Waals surface area contributed by atoms with Crippen LogP contribution in [-0.2, 0) is 16.1 Å². The number of carbonyl (C=O) groups excluding carboxylic acids is 2. The van der Waals surface area contributed by atoms with Gasteiger partial charge in [-0.25, -0.2) is 0 Å². The molecular formula is C11H13ClN2O2S. The molecule has 2 heterocycles. The van der Waals surface area contributed by atoms with Gasteiger partial charge >= 0.3 is 0 Å². The van der Waals surface area contributed by atoms with E-state index in [-0.39, 0.29) is 24.3 Å². The smallest absolute Gasteiger partial charge is 0.246 e. The van der Waals surface area contributed by atoms with Crippen LogP contribution in [-0.4, -0.2) is 29.3 Å². The van der Waals surface area contributed by atoms with Crippen molar-refractivity contribution in [3.05, 3.63) is 21.3 Å². The fourth-order valence-corrected chi connectivity index (χ4v) is 2.88. The Labute approximate surface area is 109 Å². The number of hydrogen-bond donors (Lipinski definition) is 1. The second-order valence-corrected chi connectivity index (χ2v) is 5.62. The van der Waals surface area contributed by atoms with Crippen molar-refractivity contribution in [3.63, 3.8) is 0 Å². The molecule has 0 bridgehead atoms. The van der Waals surface area contributed by atoms with Crippen molar-refractivity contribution in [2.75, 3.05) is 6.54 Å². The zero-order valence-electron chi connectivity index (χ0n) is 9.40. The number of thiophene rings is 1. The van der Waals surface area contributed by atoms with Gasteiger partial charge in [0, 0.05) is 18.0 Å². The molecule has 4 nitrogen and oxygen atoms in total. The minimum atomic E-state index is -0.386. The molecule has 1 saturated heterocycles. The molecule has 92 valence electrons. The number of carbonyl (C=O) groups is 2. The third-order valence-electron chi connectivity index (χ3n) is 2.71. The lowest BCUT2D eigenvalue weighted by atomic mass is 10.2. The maximum absolute atomic E-state index is 11.8. The Morgan fingerprint density at radius 3 is 2.82 bits per heavy atom. The molecule has 0 saturated carbocycles. The highest BCUT2D eigenvalue weighted by atomic mass is 35.5. The van der Waals surface area contributed by atoms with Crippen molar-refractivity contribution in [1.82, 2.24) is 10.2 Å². The number of likely N-dealkylation sites (N-methyl/N-ethyl adjacent to an activating group) is 1. The van der Waals surface area contributed by atoms with Crippen molar-refractivity contribution in [2.45, 2.75) is 25.9 Å². The van der Waals surface area contributed by atoms with Crippen LogP contribution >= 0.6 is 22.9 Å². The van der Waals surface area contributed by atoms with Gasteiger partial charge in [-0.3, -0.25) is 14.5 Å². The van der Waals surface area contributed by atoms with E-state index in [1.165, 1.54) is 16.2 Å². The van der Waals surface area contributed by atoms with Gasteiger partial charge < -0.3 is 5.32 Å². The zero-order valence-corrected chi connectivity index (χ0v) is 11.0. The summed E-state index contributed by atoms with van der Waals surface area (Å²) in [6.45, 7) is 2.82. The summed E-state index contributed by atoms with van der Waals surface area (Å²) in [4.78, 5) is 25.6. The Kier molecular flexibility index (Phi) is 3.81. The van der Waals surface area contributed by atoms with Crippen molar-refractivity contribution in [3.8, 4) is 0 Å². The maximum atomic E-state index is 11.8. The monoisotopic (exact) mass is 272 g/mol. The average Bonchev–Trinajstić information content (AvgIpc) is 2.81. The topological polar surface area (TPSA) is 49.4 Å². The molecule has 0 radical (unpaired) electrons. The Morgan fingerprint density at radius 2 is 2.29 bits per heavy atom. The minimum Gasteiger partial charge on any atom is -0.300 e. The summed E-state index contributed by atoms with van der Waals surface area (Å²) < 4.78 is 0.728. The predicted octanol–water partition coefficient (Wildman–Crippen LogP) is 1.64. The van der Waals surface area contributed by atoms with Gasteiger partial charge in [0.05, 0.1) is 16.8 Å². The van der Waals surface area contributed by atoms with Gasteiger partial charge in [0.15, 0.2) is 0 Å². The lowest BCUT2D eigenvalue weighted by molar-refractivity contribution is -0.138. The summed E-state index contributed by atoms with van der Waals surface area (Å²) in [6, 6.07) is 3.35. The third-order valence-corrected chi connectivity index (χ3v) is 3.94. The first kappa shape index (κ1) is 12.5. The molecule has 1 aliphatic heterocycles. The molecule has 1 N–H and O–H groups in total. The molecule has 1 fully saturated rings. The van der Waals surface area contributed by atoms with E-state index in [4.69, 9.17) is 11.6 Å². The first-order valence-electron chi connectivity index (χ1n) is 5.43. The molecule has 6 heteroatoms. The first-order valence-corrected chi connectivity index (χ1v) is 6.63. The Balaban J connectivity index is 1.92. The molecule has 0 aromatic carbocycles. The largest absolute Gasteiger partial charge is 0.300 e. The number of amides is 2. The van der Waals surface area contributed by atoms with Gasteiger partial charge in [0.1, 0.15) is 0 Å². The molecule has 2 amide bonds. The van der Waals surface area contributed by atoms with Gasteiger partial charge in [0.25, 0.3) is 0 Å². The molecular weight excluding hydrogens is 260 g/mol. The van der Waals surface area contributed by atoms with Crippen LogP contribution in [0.2, 0.25) is 4.34 Å². The van der Waals surface area contributed by atoms with Crippen LogP contribution in [0.4, 0.5) is 0 Å². The lowest BCUT2D eigenvalue weighted by Gasteiger charge is -2.12. The highest BCUT2D eigenvalue weighted by Crippen LogP contribution is 2.22. The van der Waals surface area contributed by atoms with Crippen molar-refractivity contribution in [1.29, 1.82) is 0 Å². The van der Waals surface area contributed by atoms with Crippen LogP contribution in [0, 0.1) is 0 Å². The average molecular weight is 273 g/mol. The van der Waals surface area contributed by atoms with Crippen LogP contribution in [0.25, 0.3) is 0 Å². The van der Waals surface area contributed by atoms with Gasteiger partial charge in [-0.1, -0.05) is 11.6 Å². The van der Waals surface area contributed by atoms with Gasteiger partial charge in [0.2, 0.25) is 11.8 Å². The van der Waals surface area contributed by atoms with E-state index in [0.29, 0.717) is 13.1 Å².